The molecule has 1 atom stereocenters. The van der Waals surface area contributed by atoms with E-state index < -0.39 is 0 Å². The van der Waals surface area contributed by atoms with Crippen LogP contribution in [0.3, 0.4) is 0 Å². The minimum atomic E-state index is -0.0743. The lowest BCUT2D eigenvalue weighted by molar-refractivity contribution is 0.0952. The van der Waals surface area contributed by atoms with Crippen molar-refractivity contribution < 1.29 is 4.79 Å². The van der Waals surface area contributed by atoms with E-state index in [0.29, 0.717) is 16.5 Å². The van der Waals surface area contributed by atoms with Crippen LogP contribution in [0.4, 0.5) is 5.69 Å². The Labute approximate surface area is 105 Å². The molecule has 1 aliphatic rings. The third-order valence-corrected chi connectivity index (χ3v) is 4.27. The Balaban J connectivity index is 1.96. The first-order chi connectivity index (χ1) is 8.16. The zero-order valence-electron chi connectivity index (χ0n) is 9.90. The van der Waals surface area contributed by atoms with Crippen molar-refractivity contribution in [2.45, 2.75) is 25.0 Å². The fraction of sp³-hybridized carbons (Fsp3) is 0.500. The van der Waals surface area contributed by atoms with Crippen molar-refractivity contribution in [3.05, 3.63) is 23.5 Å². The number of thioether (sulfide) groups is 1. The Kier molecular flexibility index (Phi) is 3.89. The van der Waals surface area contributed by atoms with E-state index in [9.17, 15) is 4.79 Å². The number of nitrogens with two attached hydrogens (primary N) is 1. The molecule has 0 saturated carbocycles. The molecule has 3 N–H and O–H groups in total. The summed E-state index contributed by atoms with van der Waals surface area (Å²) in [6, 6.07) is 1.68. The van der Waals surface area contributed by atoms with Gasteiger partial charge in [0, 0.05) is 11.8 Å². The van der Waals surface area contributed by atoms with Crippen LogP contribution in [0, 0.1) is 6.92 Å². The fourth-order valence-corrected chi connectivity index (χ4v) is 3.09. The minimum absolute atomic E-state index is 0.0743. The van der Waals surface area contributed by atoms with Gasteiger partial charge in [-0.1, -0.05) is 0 Å². The first kappa shape index (κ1) is 12.2. The summed E-state index contributed by atoms with van der Waals surface area (Å²) >= 11 is 1.93. The first-order valence-electron chi connectivity index (χ1n) is 5.79. The number of anilines is 1. The number of aryl methyl sites for hydroxylation is 1. The molecule has 2 heterocycles. The van der Waals surface area contributed by atoms with Gasteiger partial charge in [0.1, 0.15) is 0 Å². The SMILES string of the molecule is Cc1ncc(N)cc1C(=O)NCC1CCCS1. The largest absolute Gasteiger partial charge is 0.397 e. The van der Waals surface area contributed by atoms with Gasteiger partial charge in [0.15, 0.2) is 0 Å². The Hall–Kier alpha value is -1.23. The van der Waals surface area contributed by atoms with E-state index in [-0.39, 0.29) is 5.91 Å². The van der Waals surface area contributed by atoms with E-state index in [1.54, 1.807) is 12.3 Å². The van der Waals surface area contributed by atoms with Gasteiger partial charge in [-0.25, -0.2) is 0 Å². The molecule has 0 spiro atoms. The highest BCUT2D eigenvalue weighted by Crippen LogP contribution is 2.25. The van der Waals surface area contributed by atoms with Crippen molar-refractivity contribution >= 4 is 23.4 Å². The second-order valence-electron chi connectivity index (χ2n) is 4.25. The molecule has 1 amide bonds. The highest BCUT2D eigenvalue weighted by molar-refractivity contribution is 8.00. The van der Waals surface area contributed by atoms with Crippen molar-refractivity contribution in [2.75, 3.05) is 18.0 Å². The summed E-state index contributed by atoms with van der Waals surface area (Å²) in [7, 11) is 0. The molecule has 0 radical (unpaired) electrons. The van der Waals surface area contributed by atoms with Crippen LogP contribution in [-0.2, 0) is 0 Å². The number of rotatable bonds is 3. The zero-order chi connectivity index (χ0) is 12.3. The topological polar surface area (TPSA) is 68.0 Å². The number of nitrogen functional groups attached to an aromatic ring is 1. The van der Waals surface area contributed by atoms with E-state index in [0.717, 1.165) is 12.2 Å². The molecule has 1 aliphatic heterocycles. The van der Waals surface area contributed by atoms with E-state index in [2.05, 4.69) is 10.3 Å². The molecule has 0 aromatic carbocycles. The van der Waals surface area contributed by atoms with E-state index in [1.807, 2.05) is 18.7 Å². The second kappa shape index (κ2) is 5.40. The Morgan fingerprint density at radius 2 is 2.53 bits per heavy atom. The van der Waals surface area contributed by atoms with E-state index in [1.165, 1.54) is 18.6 Å². The summed E-state index contributed by atoms with van der Waals surface area (Å²) in [6.45, 7) is 2.55. The summed E-state index contributed by atoms with van der Waals surface area (Å²) in [5.74, 6) is 1.13. The van der Waals surface area contributed by atoms with Crippen molar-refractivity contribution in [3.63, 3.8) is 0 Å². The van der Waals surface area contributed by atoms with Gasteiger partial charge in [0.05, 0.1) is 23.1 Å². The first-order valence-corrected chi connectivity index (χ1v) is 6.83. The maximum Gasteiger partial charge on any atom is 0.253 e. The number of carbonyl (C=O) groups excluding carboxylic acids is 1. The minimum Gasteiger partial charge on any atom is -0.397 e. The second-order valence-corrected chi connectivity index (χ2v) is 5.65. The summed E-state index contributed by atoms with van der Waals surface area (Å²) in [4.78, 5) is 16.0. The van der Waals surface area contributed by atoms with Gasteiger partial charge in [-0.2, -0.15) is 11.8 Å². The Morgan fingerprint density at radius 1 is 1.71 bits per heavy atom. The third kappa shape index (κ3) is 3.12. The number of carbonyl (C=O) groups is 1. The molecule has 1 aromatic heterocycles. The van der Waals surface area contributed by atoms with Crippen LogP contribution in [0.1, 0.15) is 28.9 Å². The van der Waals surface area contributed by atoms with Crippen LogP contribution in [0.25, 0.3) is 0 Å². The normalized spacial score (nSPS) is 19.2. The molecular formula is C12H17N3OS. The molecule has 1 unspecified atom stereocenters. The van der Waals surface area contributed by atoms with Crippen LogP contribution in [0.5, 0.6) is 0 Å². The van der Waals surface area contributed by atoms with Gasteiger partial charge < -0.3 is 11.1 Å². The van der Waals surface area contributed by atoms with Crippen LogP contribution in [0.15, 0.2) is 12.3 Å². The number of aromatic nitrogens is 1. The molecular weight excluding hydrogens is 234 g/mol. The number of amides is 1. The number of hydrogen-bond donors (Lipinski definition) is 2. The fourth-order valence-electron chi connectivity index (χ4n) is 1.89. The van der Waals surface area contributed by atoms with Crippen LogP contribution in [-0.4, -0.2) is 28.4 Å². The lowest BCUT2D eigenvalue weighted by Crippen LogP contribution is -2.30. The van der Waals surface area contributed by atoms with Gasteiger partial charge in [-0.3, -0.25) is 9.78 Å². The summed E-state index contributed by atoms with van der Waals surface area (Å²) in [6.07, 6.45) is 4.02. The van der Waals surface area contributed by atoms with Crippen molar-refractivity contribution in [1.82, 2.24) is 10.3 Å². The number of pyridine rings is 1. The molecule has 92 valence electrons. The lowest BCUT2D eigenvalue weighted by atomic mass is 10.1. The molecule has 2 rings (SSSR count). The standard InChI is InChI=1S/C12H17N3OS/c1-8-11(5-9(13)6-14-8)12(16)15-7-10-3-2-4-17-10/h5-6,10H,2-4,7,13H2,1H3,(H,15,16). The van der Waals surface area contributed by atoms with Gasteiger partial charge in [0.2, 0.25) is 0 Å². The highest BCUT2D eigenvalue weighted by Gasteiger charge is 2.17. The van der Waals surface area contributed by atoms with Gasteiger partial charge in [0.25, 0.3) is 5.91 Å². The van der Waals surface area contributed by atoms with Crippen LogP contribution < -0.4 is 11.1 Å². The predicted octanol–water partition coefficient (Wildman–Crippen LogP) is 1.60. The average molecular weight is 251 g/mol. The molecule has 4 nitrogen and oxygen atoms in total. The smallest absolute Gasteiger partial charge is 0.253 e. The maximum atomic E-state index is 12.0. The Bertz CT molecular complexity index is 416. The summed E-state index contributed by atoms with van der Waals surface area (Å²) in [5, 5.41) is 3.52. The lowest BCUT2D eigenvalue weighted by Gasteiger charge is -2.11. The number of nitrogens with one attached hydrogen (secondary N) is 1. The molecule has 1 fully saturated rings. The van der Waals surface area contributed by atoms with Crippen LogP contribution >= 0.6 is 11.8 Å². The summed E-state index contributed by atoms with van der Waals surface area (Å²) < 4.78 is 0. The summed E-state index contributed by atoms with van der Waals surface area (Å²) in [5.41, 5.74) is 7.46. The van der Waals surface area contributed by atoms with Gasteiger partial charge in [-0.05, 0) is 31.6 Å². The highest BCUT2D eigenvalue weighted by atomic mass is 32.2. The van der Waals surface area contributed by atoms with Crippen molar-refractivity contribution in [1.29, 1.82) is 0 Å². The third-order valence-electron chi connectivity index (χ3n) is 2.87. The quantitative estimate of drug-likeness (QED) is 0.856. The molecule has 1 aromatic rings. The average Bonchev–Trinajstić information content (AvgIpc) is 2.82. The van der Waals surface area contributed by atoms with E-state index in [4.69, 9.17) is 5.73 Å². The van der Waals surface area contributed by atoms with Gasteiger partial charge >= 0.3 is 0 Å². The van der Waals surface area contributed by atoms with Gasteiger partial charge in [-0.15, -0.1) is 0 Å². The number of nitrogens with zero attached hydrogens (tertiary/aromatic N) is 1. The van der Waals surface area contributed by atoms with Crippen molar-refractivity contribution in [2.24, 2.45) is 0 Å². The molecule has 0 aliphatic carbocycles. The monoisotopic (exact) mass is 251 g/mol. The Morgan fingerprint density at radius 3 is 3.24 bits per heavy atom. The number of hydrogen-bond acceptors (Lipinski definition) is 4. The van der Waals surface area contributed by atoms with Crippen molar-refractivity contribution in [3.8, 4) is 0 Å². The molecule has 1 saturated heterocycles. The van der Waals surface area contributed by atoms with E-state index >= 15 is 0 Å². The maximum absolute atomic E-state index is 12.0. The molecule has 17 heavy (non-hydrogen) atoms. The zero-order valence-corrected chi connectivity index (χ0v) is 10.7. The van der Waals surface area contributed by atoms with Crippen LogP contribution in [0.2, 0.25) is 0 Å². The molecule has 0 bridgehead atoms. The predicted molar refractivity (Wildman–Crippen MR) is 71.2 cm³/mol. The molecule has 5 heteroatoms.